The quantitative estimate of drug-likeness (QED) is 0.923. The number of hydrogen-bond donors (Lipinski definition) is 1. The molecule has 4 bridgehead atoms. The summed E-state index contributed by atoms with van der Waals surface area (Å²) in [5, 5.41) is 16.8. The van der Waals surface area contributed by atoms with Crippen LogP contribution in [0.25, 0.3) is 4.96 Å². The molecule has 1 amide bonds. The van der Waals surface area contributed by atoms with E-state index < -0.39 is 0 Å². The Labute approximate surface area is 145 Å². The lowest BCUT2D eigenvalue weighted by molar-refractivity contribution is -0.146. The molecule has 4 saturated carbocycles. The highest BCUT2D eigenvalue weighted by Crippen LogP contribution is 2.60. The molecule has 0 atom stereocenters. The predicted molar refractivity (Wildman–Crippen MR) is 90.7 cm³/mol. The lowest BCUT2D eigenvalue weighted by Gasteiger charge is -2.55. The lowest BCUT2D eigenvalue weighted by atomic mass is 9.49. The van der Waals surface area contributed by atoms with Gasteiger partial charge >= 0.3 is 0 Å². The van der Waals surface area contributed by atoms with Crippen molar-refractivity contribution in [3.8, 4) is 0 Å². The van der Waals surface area contributed by atoms with Gasteiger partial charge in [-0.1, -0.05) is 11.3 Å². The fraction of sp³-hybridized carbons (Fsp3) is 0.765. The standard InChI is InChI=1S/C17H23N5OS/c1-10-19-20-16-22(10)21-14(24-16)2-3-18-15(23)17-7-11-4-12(8-17)6-13(5-11)9-17/h11-13H,2-9H2,1H3,(H,18,23). The molecule has 4 aliphatic carbocycles. The number of hydrogen-bond acceptors (Lipinski definition) is 5. The zero-order chi connectivity index (χ0) is 16.3. The van der Waals surface area contributed by atoms with Gasteiger partial charge in [-0.3, -0.25) is 4.79 Å². The average Bonchev–Trinajstić information content (AvgIpc) is 3.08. The highest BCUT2D eigenvalue weighted by atomic mass is 32.1. The van der Waals surface area contributed by atoms with Gasteiger partial charge in [0.15, 0.2) is 5.82 Å². The van der Waals surface area contributed by atoms with E-state index in [2.05, 4.69) is 20.6 Å². The minimum absolute atomic E-state index is 0.0489. The Bertz CT molecular complexity index is 759. The second kappa shape index (κ2) is 5.25. The van der Waals surface area contributed by atoms with Crippen LogP contribution in [0.1, 0.15) is 49.4 Å². The van der Waals surface area contributed by atoms with E-state index in [1.54, 1.807) is 15.9 Å². The maximum atomic E-state index is 12.9. The molecule has 0 radical (unpaired) electrons. The molecule has 0 aliphatic heterocycles. The summed E-state index contributed by atoms with van der Waals surface area (Å²) >= 11 is 1.56. The Balaban J connectivity index is 1.23. The van der Waals surface area contributed by atoms with Crippen molar-refractivity contribution in [3.05, 3.63) is 10.8 Å². The fourth-order valence-electron chi connectivity index (χ4n) is 5.71. The molecule has 2 heterocycles. The SMILES string of the molecule is Cc1nnc2sc(CCNC(=O)C34CC5CC(CC(C5)C3)C4)nn12. The van der Waals surface area contributed by atoms with E-state index in [0.29, 0.717) is 12.5 Å². The summed E-state index contributed by atoms with van der Waals surface area (Å²) in [6.07, 6.45) is 8.27. The molecule has 0 unspecified atom stereocenters. The maximum Gasteiger partial charge on any atom is 0.234 e. The van der Waals surface area contributed by atoms with Crippen LogP contribution in [-0.4, -0.2) is 32.3 Å². The maximum absolute atomic E-state index is 12.9. The Morgan fingerprint density at radius 3 is 2.50 bits per heavy atom. The van der Waals surface area contributed by atoms with Crippen LogP contribution in [0.15, 0.2) is 0 Å². The topological polar surface area (TPSA) is 72.2 Å². The van der Waals surface area contributed by atoms with Crippen molar-refractivity contribution in [2.45, 2.75) is 51.9 Å². The molecule has 0 spiro atoms. The second-order valence-corrected chi connectivity index (χ2v) is 9.18. The van der Waals surface area contributed by atoms with Crippen LogP contribution in [0.4, 0.5) is 0 Å². The summed E-state index contributed by atoms with van der Waals surface area (Å²) in [5.74, 6) is 3.54. The molecule has 0 aromatic carbocycles. The zero-order valence-corrected chi connectivity index (χ0v) is 14.8. The molecule has 4 fully saturated rings. The number of nitrogens with one attached hydrogen (secondary N) is 1. The molecule has 4 aliphatic rings. The van der Waals surface area contributed by atoms with E-state index in [1.807, 2.05) is 6.92 Å². The highest BCUT2D eigenvalue weighted by Gasteiger charge is 2.54. The Morgan fingerprint density at radius 2 is 1.88 bits per heavy atom. The van der Waals surface area contributed by atoms with E-state index in [-0.39, 0.29) is 5.41 Å². The van der Waals surface area contributed by atoms with E-state index in [9.17, 15) is 4.79 Å². The van der Waals surface area contributed by atoms with E-state index in [4.69, 9.17) is 0 Å². The van der Waals surface area contributed by atoms with E-state index in [1.165, 1.54) is 19.3 Å². The first-order chi connectivity index (χ1) is 11.6. The summed E-state index contributed by atoms with van der Waals surface area (Å²) in [6.45, 7) is 2.57. The summed E-state index contributed by atoms with van der Waals surface area (Å²) < 4.78 is 1.78. The van der Waals surface area contributed by atoms with Gasteiger partial charge in [0.05, 0.1) is 0 Å². The molecular formula is C17H23N5OS. The number of nitrogens with zero attached hydrogens (tertiary/aromatic N) is 4. The van der Waals surface area contributed by atoms with Crippen molar-refractivity contribution in [3.63, 3.8) is 0 Å². The number of aromatic nitrogens is 4. The van der Waals surface area contributed by atoms with Crippen molar-refractivity contribution in [1.29, 1.82) is 0 Å². The third kappa shape index (κ3) is 2.28. The first-order valence-corrected chi connectivity index (χ1v) is 9.89. The Kier molecular flexibility index (Phi) is 3.24. The van der Waals surface area contributed by atoms with Gasteiger partial charge in [-0.15, -0.1) is 10.2 Å². The highest BCUT2D eigenvalue weighted by molar-refractivity contribution is 7.16. The molecule has 6 rings (SSSR count). The minimum Gasteiger partial charge on any atom is -0.355 e. The number of carbonyl (C=O) groups excluding carboxylic acids is 1. The van der Waals surface area contributed by atoms with Crippen LogP contribution in [0.5, 0.6) is 0 Å². The molecule has 24 heavy (non-hydrogen) atoms. The van der Waals surface area contributed by atoms with Crippen LogP contribution < -0.4 is 5.32 Å². The number of fused-ring (bicyclic) bond motifs is 1. The van der Waals surface area contributed by atoms with Crippen LogP contribution in [-0.2, 0) is 11.2 Å². The van der Waals surface area contributed by atoms with Crippen LogP contribution in [0.3, 0.4) is 0 Å². The second-order valence-electron chi connectivity index (χ2n) is 8.14. The monoisotopic (exact) mass is 345 g/mol. The third-order valence-corrected chi connectivity index (χ3v) is 7.29. The van der Waals surface area contributed by atoms with Crippen molar-refractivity contribution in [1.82, 2.24) is 25.1 Å². The zero-order valence-electron chi connectivity index (χ0n) is 14.0. The summed E-state index contributed by atoms with van der Waals surface area (Å²) in [4.78, 5) is 13.7. The van der Waals surface area contributed by atoms with Crippen molar-refractivity contribution in [2.75, 3.05) is 6.54 Å². The molecule has 128 valence electrons. The number of aryl methyl sites for hydroxylation is 1. The minimum atomic E-state index is -0.0489. The van der Waals surface area contributed by atoms with Crippen molar-refractivity contribution < 1.29 is 4.79 Å². The Hall–Kier alpha value is -1.50. The normalized spacial score (nSPS) is 34.1. The predicted octanol–water partition coefficient (Wildman–Crippen LogP) is 2.37. The van der Waals surface area contributed by atoms with Gasteiger partial charge in [0.1, 0.15) is 5.01 Å². The fourth-order valence-corrected chi connectivity index (χ4v) is 6.59. The molecular weight excluding hydrogens is 322 g/mol. The van der Waals surface area contributed by atoms with Gasteiger partial charge in [0.2, 0.25) is 10.9 Å². The van der Waals surface area contributed by atoms with Gasteiger partial charge in [-0.25, -0.2) is 0 Å². The molecule has 7 heteroatoms. The van der Waals surface area contributed by atoms with Crippen LogP contribution >= 0.6 is 11.3 Å². The van der Waals surface area contributed by atoms with Crippen LogP contribution in [0, 0.1) is 30.1 Å². The Morgan fingerprint density at radius 1 is 1.21 bits per heavy atom. The smallest absolute Gasteiger partial charge is 0.234 e. The van der Waals surface area contributed by atoms with Gasteiger partial charge in [-0.2, -0.15) is 9.61 Å². The molecule has 6 nitrogen and oxygen atoms in total. The molecule has 2 aromatic heterocycles. The number of rotatable bonds is 4. The van der Waals surface area contributed by atoms with Crippen molar-refractivity contribution in [2.24, 2.45) is 23.2 Å². The summed E-state index contributed by atoms with van der Waals surface area (Å²) in [7, 11) is 0. The van der Waals surface area contributed by atoms with Gasteiger partial charge in [0.25, 0.3) is 0 Å². The van der Waals surface area contributed by atoms with E-state index in [0.717, 1.165) is 59.2 Å². The molecule has 2 aromatic rings. The van der Waals surface area contributed by atoms with Crippen LogP contribution in [0.2, 0.25) is 0 Å². The number of carbonyl (C=O) groups is 1. The average molecular weight is 345 g/mol. The van der Waals surface area contributed by atoms with Gasteiger partial charge < -0.3 is 5.32 Å². The lowest BCUT2D eigenvalue weighted by Crippen LogP contribution is -2.53. The van der Waals surface area contributed by atoms with Gasteiger partial charge in [-0.05, 0) is 63.2 Å². The summed E-state index contributed by atoms with van der Waals surface area (Å²) in [5.41, 5.74) is -0.0489. The third-order valence-electron chi connectivity index (χ3n) is 6.33. The molecule has 1 N–H and O–H groups in total. The first-order valence-electron chi connectivity index (χ1n) is 9.07. The van der Waals surface area contributed by atoms with Gasteiger partial charge in [0, 0.05) is 18.4 Å². The number of amides is 1. The van der Waals surface area contributed by atoms with Crippen molar-refractivity contribution >= 4 is 22.2 Å². The first kappa shape index (κ1) is 14.8. The molecule has 0 saturated heterocycles. The largest absolute Gasteiger partial charge is 0.355 e. The summed E-state index contributed by atoms with van der Waals surface area (Å²) in [6, 6.07) is 0. The van der Waals surface area contributed by atoms with E-state index >= 15 is 0 Å².